The van der Waals surface area contributed by atoms with E-state index in [1.807, 2.05) is 4.90 Å². The quantitative estimate of drug-likeness (QED) is 0.629. The number of hydrogen-bond donors (Lipinski definition) is 1. The number of benzene rings is 1. The van der Waals surface area contributed by atoms with Gasteiger partial charge in [-0.2, -0.15) is 0 Å². The van der Waals surface area contributed by atoms with Crippen LogP contribution in [0.5, 0.6) is 0 Å². The van der Waals surface area contributed by atoms with E-state index in [2.05, 4.69) is 5.32 Å². The maximum Gasteiger partial charge on any atom is 0.433 e. The van der Waals surface area contributed by atoms with E-state index >= 15 is 0 Å². The summed E-state index contributed by atoms with van der Waals surface area (Å²) >= 11 is 0. The molecule has 0 unspecified atom stereocenters. The lowest BCUT2D eigenvalue weighted by Gasteiger charge is -2.33. The first-order valence-corrected chi connectivity index (χ1v) is 8.23. The number of rotatable bonds is 5. The van der Waals surface area contributed by atoms with E-state index in [1.165, 1.54) is 35.2 Å². The van der Waals surface area contributed by atoms with Gasteiger partial charge in [0.2, 0.25) is 5.91 Å². The summed E-state index contributed by atoms with van der Waals surface area (Å²) in [4.78, 5) is 37.7. The van der Waals surface area contributed by atoms with Gasteiger partial charge in [0.05, 0.1) is 12.6 Å². The number of anilines is 1. The summed E-state index contributed by atoms with van der Waals surface area (Å²) in [5, 5.41) is 13.3. The molecule has 0 saturated carbocycles. The molecule has 1 N–H and O–H groups in total. The third kappa shape index (κ3) is 4.67. The lowest BCUT2D eigenvalue weighted by molar-refractivity contribution is -0.402. The van der Waals surface area contributed by atoms with Gasteiger partial charge in [-0.05, 0) is 30.3 Å². The van der Waals surface area contributed by atoms with Crippen LogP contribution in [0.3, 0.4) is 0 Å². The van der Waals surface area contributed by atoms with Crippen LogP contribution in [0.15, 0.2) is 40.8 Å². The predicted molar refractivity (Wildman–Crippen MR) is 92.7 cm³/mol. The van der Waals surface area contributed by atoms with Crippen LogP contribution in [-0.4, -0.2) is 59.3 Å². The fourth-order valence-electron chi connectivity index (χ4n) is 2.74. The molecule has 0 atom stereocenters. The van der Waals surface area contributed by atoms with Crippen LogP contribution in [0.4, 0.5) is 16.0 Å². The van der Waals surface area contributed by atoms with E-state index in [0.29, 0.717) is 31.9 Å². The predicted octanol–water partition coefficient (Wildman–Crippen LogP) is 1.72. The van der Waals surface area contributed by atoms with Gasteiger partial charge in [0.1, 0.15) is 10.7 Å². The molecule has 0 spiro atoms. The number of halogens is 1. The lowest BCUT2D eigenvalue weighted by atomic mass is 10.2. The van der Waals surface area contributed by atoms with Crippen molar-refractivity contribution in [1.82, 2.24) is 9.80 Å². The molecule has 142 valence electrons. The monoisotopic (exact) mass is 376 g/mol. The summed E-state index contributed by atoms with van der Waals surface area (Å²) < 4.78 is 17.8. The van der Waals surface area contributed by atoms with Crippen LogP contribution in [0, 0.1) is 15.9 Å². The Kier molecular flexibility index (Phi) is 5.46. The largest absolute Gasteiger partial charge is 0.433 e. The molecule has 2 amide bonds. The Morgan fingerprint density at radius 2 is 1.78 bits per heavy atom. The normalized spacial score (nSPS) is 14.8. The van der Waals surface area contributed by atoms with Crippen LogP contribution < -0.4 is 5.32 Å². The molecule has 10 heteroatoms. The number of nitrogens with one attached hydrogen (secondary N) is 1. The summed E-state index contributed by atoms with van der Waals surface area (Å²) in [6.07, 6.45) is 0. The Balaban J connectivity index is 1.48. The van der Waals surface area contributed by atoms with Gasteiger partial charge in [0.25, 0.3) is 5.91 Å². The molecular weight excluding hydrogens is 359 g/mol. The number of piperazine rings is 1. The Morgan fingerprint density at radius 3 is 2.37 bits per heavy atom. The molecule has 1 aliphatic rings. The summed E-state index contributed by atoms with van der Waals surface area (Å²) in [5.74, 6) is -1.59. The Bertz CT molecular complexity index is 843. The van der Waals surface area contributed by atoms with Crippen LogP contribution in [0.2, 0.25) is 0 Å². The van der Waals surface area contributed by atoms with Gasteiger partial charge in [0.15, 0.2) is 5.76 Å². The highest BCUT2D eigenvalue weighted by Gasteiger charge is 2.26. The second-order valence-electron chi connectivity index (χ2n) is 6.02. The van der Waals surface area contributed by atoms with Crippen molar-refractivity contribution >= 4 is 23.4 Å². The molecule has 1 aliphatic heterocycles. The highest BCUT2D eigenvalue weighted by atomic mass is 19.1. The number of carbonyl (C=O) groups excluding carboxylic acids is 2. The smallest absolute Gasteiger partial charge is 0.395 e. The Morgan fingerprint density at radius 1 is 1.11 bits per heavy atom. The zero-order chi connectivity index (χ0) is 19.4. The summed E-state index contributed by atoms with van der Waals surface area (Å²) in [7, 11) is 0. The minimum absolute atomic E-state index is 0.0794. The number of carbonyl (C=O) groups is 2. The van der Waals surface area contributed by atoms with E-state index in [9.17, 15) is 24.1 Å². The van der Waals surface area contributed by atoms with Crippen molar-refractivity contribution in [2.24, 2.45) is 0 Å². The van der Waals surface area contributed by atoms with Crippen LogP contribution in [0.25, 0.3) is 0 Å². The van der Waals surface area contributed by atoms with Gasteiger partial charge in [-0.25, -0.2) is 4.39 Å². The lowest BCUT2D eigenvalue weighted by Crippen LogP contribution is -2.50. The topological polar surface area (TPSA) is 109 Å². The molecule has 2 aromatic rings. The summed E-state index contributed by atoms with van der Waals surface area (Å²) in [6, 6.07) is 7.91. The standard InChI is InChI=1S/C17H17FN4O5/c18-12-1-3-13(4-2-12)19-15(23)11-20-7-9-21(10-8-20)17(24)14-5-6-16(27-14)22(25)26/h1-6H,7-11H2,(H,19,23). The molecular formula is C17H17FN4O5. The van der Waals surface area contributed by atoms with Gasteiger partial charge in [0, 0.05) is 31.9 Å². The molecule has 1 aromatic heterocycles. The highest BCUT2D eigenvalue weighted by molar-refractivity contribution is 5.93. The molecule has 0 bridgehead atoms. The third-order valence-electron chi connectivity index (χ3n) is 4.14. The van der Waals surface area contributed by atoms with Gasteiger partial charge in [-0.3, -0.25) is 24.6 Å². The second-order valence-corrected chi connectivity index (χ2v) is 6.02. The van der Waals surface area contributed by atoms with Crippen molar-refractivity contribution in [1.29, 1.82) is 0 Å². The zero-order valence-electron chi connectivity index (χ0n) is 14.3. The van der Waals surface area contributed by atoms with E-state index in [4.69, 9.17) is 4.42 Å². The maximum atomic E-state index is 12.9. The summed E-state index contributed by atoms with van der Waals surface area (Å²) in [6.45, 7) is 1.84. The van der Waals surface area contributed by atoms with Gasteiger partial charge in [-0.15, -0.1) is 0 Å². The first-order valence-electron chi connectivity index (χ1n) is 8.23. The van der Waals surface area contributed by atoms with Crippen molar-refractivity contribution in [3.63, 3.8) is 0 Å². The van der Waals surface area contributed by atoms with Crippen molar-refractivity contribution < 1.29 is 23.3 Å². The van der Waals surface area contributed by atoms with Crippen molar-refractivity contribution in [3.05, 3.63) is 58.1 Å². The molecule has 3 rings (SSSR count). The molecule has 0 radical (unpaired) electrons. The first kappa shape index (κ1) is 18.5. The van der Waals surface area contributed by atoms with E-state index < -0.39 is 16.7 Å². The molecule has 9 nitrogen and oxygen atoms in total. The molecule has 2 heterocycles. The number of furan rings is 1. The molecule has 27 heavy (non-hydrogen) atoms. The van der Waals surface area contributed by atoms with E-state index in [0.717, 1.165) is 6.07 Å². The summed E-state index contributed by atoms with van der Waals surface area (Å²) in [5.41, 5.74) is 0.509. The molecule has 1 saturated heterocycles. The molecule has 0 aliphatic carbocycles. The van der Waals surface area contributed by atoms with Gasteiger partial charge < -0.3 is 14.6 Å². The van der Waals surface area contributed by atoms with E-state index in [-0.39, 0.29) is 24.0 Å². The first-order chi connectivity index (χ1) is 12.9. The van der Waals surface area contributed by atoms with Gasteiger partial charge in [-0.1, -0.05) is 0 Å². The van der Waals surface area contributed by atoms with Crippen molar-refractivity contribution in [2.45, 2.75) is 0 Å². The number of amides is 2. The van der Waals surface area contributed by atoms with Crippen LogP contribution in [-0.2, 0) is 4.79 Å². The van der Waals surface area contributed by atoms with Crippen LogP contribution >= 0.6 is 0 Å². The number of nitrogens with zero attached hydrogens (tertiary/aromatic N) is 3. The SMILES string of the molecule is O=C(CN1CCN(C(=O)c2ccc([N+](=O)[O-])o2)CC1)Nc1ccc(F)cc1. The highest BCUT2D eigenvalue weighted by Crippen LogP contribution is 2.18. The Labute approximate surface area is 153 Å². The van der Waals surface area contributed by atoms with Crippen molar-refractivity contribution in [2.75, 3.05) is 38.0 Å². The number of hydrogen-bond acceptors (Lipinski definition) is 6. The van der Waals surface area contributed by atoms with E-state index in [1.54, 1.807) is 0 Å². The van der Waals surface area contributed by atoms with Crippen molar-refractivity contribution in [3.8, 4) is 0 Å². The molecule has 1 aromatic carbocycles. The van der Waals surface area contributed by atoms with Gasteiger partial charge >= 0.3 is 5.88 Å². The Hall–Kier alpha value is -3.27. The minimum Gasteiger partial charge on any atom is -0.395 e. The average Bonchev–Trinajstić information content (AvgIpc) is 3.14. The fraction of sp³-hybridized carbons (Fsp3) is 0.294. The van der Waals surface area contributed by atoms with Crippen LogP contribution in [0.1, 0.15) is 10.6 Å². The fourth-order valence-corrected chi connectivity index (χ4v) is 2.74. The second kappa shape index (κ2) is 7.96. The minimum atomic E-state index is -0.700. The number of nitro groups is 1. The third-order valence-corrected chi connectivity index (χ3v) is 4.14. The zero-order valence-corrected chi connectivity index (χ0v) is 14.3. The maximum absolute atomic E-state index is 12.9. The average molecular weight is 376 g/mol. The molecule has 1 fully saturated rings.